The van der Waals surface area contributed by atoms with Crippen LogP contribution in [0.3, 0.4) is 0 Å². The number of rotatable bonds is 2. The summed E-state index contributed by atoms with van der Waals surface area (Å²) in [5, 5.41) is 0. The van der Waals surface area contributed by atoms with E-state index in [0.717, 1.165) is 29.1 Å². The Kier molecular flexibility index (Phi) is 3.67. The van der Waals surface area contributed by atoms with Gasteiger partial charge in [0, 0.05) is 24.5 Å². The molecular formula is C14H23N3. The summed E-state index contributed by atoms with van der Waals surface area (Å²) in [4.78, 5) is 7.07. The summed E-state index contributed by atoms with van der Waals surface area (Å²) in [6.07, 6.45) is 5.87. The lowest BCUT2D eigenvalue weighted by molar-refractivity contribution is 0.150. The number of nitrogen functional groups attached to an aromatic ring is 1. The third-order valence-corrected chi connectivity index (χ3v) is 3.97. The van der Waals surface area contributed by atoms with Crippen molar-refractivity contribution in [3.05, 3.63) is 23.0 Å². The van der Waals surface area contributed by atoms with Crippen molar-refractivity contribution in [2.75, 3.05) is 12.3 Å². The molecule has 1 saturated heterocycles. The predicted octanol–water partition coefficient (Wildman–Crippen LogP) is 2.66. The molecule has 1 aliphatic heterocycles. The molecule has 2 heterocycles. The van der Waals surface area contributed by atoms with Crippen LogP contribution in [0, 0.1) is 13.8 Å². The Bertz CT molecular complexity index is 401. The van der Waals surface area contributed by atoms with Crippen molar-refractivity contribution in [3.8, 4) is 0 Å². The number of likely N-dealkylation sites (tertiary alicyclic amines) is 1. The molecule has 0 aromatic carbocycles. The number of piperidine rings is 1. The van der Waals surface area contributed by atoms with Crippen LogP contribution in [0.4, 0.5) is 5.69 Å². The molecule has 1 unspecified atom stereocenters. The van der Waals surface area contributed by atoms with Gasteiger partial charge in [0.15, 0.2) is 0 Å². The molecule has 2 rings (SSSR count). The second kappa shape index (κ2) is 5.05. The van der Waals surface area contributed by atoms with E-state index in [1.54, 1.807) is 0 Å². The van der Waals surface area contributed by atoms with Gasteiger partial charge in [-0.25, -0.2) is 0 Å². The molecule has 0 bridgehead atoms. The van der Waals surface area contributed by atoms with Gasteiger partial charge in [-0.15, -0.1) is 0 Å². The molecule has 94 valence electrons. The fraction of sp³-hybridized carbons (Fsp3) is 0.643. The maximum Gasteiger partial charge on any atom is 0.0593 e. The minimum absolute atomic E-state index is 0.674. The van der Waals surface area contributed by atoms with E-state index in [-0.39, 0.29) is 0 Å². The molecule has 0 saturated carbocycles. The summed E-state index contributed by atoms with van der Waals surface area (Å²) in [6, 6.07) is 0.674. The highest BCUT2D eigenvalue weighted by Gasteiger charge is 2.19. The third kappa shape index (κ3) is 2.60. The molecule has 3 heteroatoms. The molecule has 1 fully saturated rings. The van der Waals surface area contributed by atoms with Crippen LogP contribution in [0.5, 0.6) is 0 Å². The number of anilines is 1. The number of pyridine rings is 1. The van der Waals surface area contributed by atoms with E-state index in [9.17, 15) is 0 Å². The van der Waals surface area contributed by atoms with Crippen LogP contribution in [0.2, 0.25) is 0 Å². The molecule has 0 aliphatic carbocycles. The third-order valence-electron chi connectivity index (χ3n) is 3.97. The lowest BCUT2D eigenvalue weighted by Gasteiger charge is -2.33. The minimum Gasteiger partial charge on any atom is -0.398 e. The van der Waals surface area contributed by atoms with Crippen molar-refractivity contribution < 1.29 is 0 Å². The topological polar surface area (TPSA) is 42.2 Å². The lowest BCUT2D eigenvalue weighted by Crippen LogP contribution is -2.37. The lowest BCUT2D eigenvalue weighted by atomic mass is 10.0. The fourth-order valence-electron chi connectivity index (χ4n) is 2.54. The first-order valence-corrected chi connectivity index (χ1v) is 6.54. The summed E-state index contributed by atoms with van der Waals surface area (Å²) < 4.78 is 0. The molecule has 0 radical (unpaired) electrons. The Balaban J connectivity index is 2.15. The van der Waals surface area contributed by atoms with Gasteiger partial charge < -0.3 is 5.73 Å². The van der Waals surface area contributed by atoms with Crippen LogP contribution in [0.1, 0.15) is 43.0 Å². The van der Waals surface area contributed by atoms with Crippen molar-refractivity contribution in [3.63, 3.8) is 0 Å². The smallest absolute Gasteiger partial charge is 0.0593 e. The zero-order chi connectivity index (χ0) is 12.4. The zero-order valence-corrected chi connectivity index (χ0v) is 11.2. The summed E-state index contributed by atoms with van der Waals surface area (Å²) in [7, 11) is 0. The van der Waals surface area contributed by atoms with Crippen molar-refractivity contribution in [1.82, 2.24) is 9.88 Å². The number of nitrogens with two attached hydrogens (primary N) is 1. The van der Waals surface area contributed by atoms with Gasteiger partial charge in [0.2, 0.25) is 0 Å². The van der Waals surface area contributed by atoms with Gasteiger partial charge in [0.1, 0.15) is 0 Å². The zero-order valence-electron chi connectivity index (χ0n) is 11.2. The Morgan fingerprint density at radius 3 is 2.88 bits per heavy atom. The first-order chi connectivity index (χ1) is 8.09. The molecule has 1 aromatic heterocycles. The number of hydrogen-bond donors (Lipinski definition) is 1. The predicted molar refractivity (Wildman–Crippen MR) is 71.8 cm³/mol. The Morgan fingerprint density at radius 2 is 2.18 bits per heavy atom. The highest BCUT2D eigenvalue weighted by atomic mass is 15.2. The molecule has 0 amide bonds. The van der Waals surface area contributed by atoms with Crippen LogP contribution in [-0.2, 0) is 6.54 Å². The first kappa shape index (κ1) is 12.4. The number of hydrogen-bond acceptors (Lipinski definition) is 3. The summed E-state index contributed by atoms with van der Waals surface area (Å²) >= 11 is 0. The van der Waals surface area contributed by atoms with Gasteiger partial charge in [-0.3, -0.25) is 9.88 Å². The Morgan fingerprint density at radius 1 is 1.41 bits per heavy atom. The van der Waals surface area contributed by atoms with Crippen molar-refractivity contribution in [2.45, 2.75) is 52.6 Å². The standard InChI is InChI=1S/C14H23N3/c1-10-8-16-13(12(3)14(10)15)9-17-7-5-4-6-11(17)2/h8,11H,4-7,9H2,1-3H3,(H2,15,16). The van der Waals surface area contributed by atoms with Gasteiger partial charge in [-0.2, -0.15) is 0 Å². The van der Waals surface area contributed by atoms with Crippen molar-refractivity contribution >= 4 is 5.69 Å². The van der Waals surface area contributed by atoms with E-state index in [4.69, 9.17) is 5.73 Å². The quantitative estimate of drug-likeness (QED) is 0.854. The van der Waals surface area contributed by atoms with Crippen LogP contribution in [0.15, 0.2) is 6.20 Å². The van der Waals surface area contributed by atoms with E-state index in [0.29, 0.717) is 6.04 Å². The molecule has 2 N–H and O–H groups in total. The van der Waals surface area contributed by atoms with Crippen LogP contribution in [0.25, 0.3) is 0 Å². The molecule has 0 spiro atoms. The highest BCUT2D eigenvalue weighted by molar-refractivity contribution is 5.53. The largest absolute Gasteiger partial charge is 0.398 e. The first-order valence-electron chi connectivity index (χ1n) is 6.54. The fourth-order valence-corrected chi connectivity index (χ4v) is 2.54. The van der Waals surface area contributed by atoms with Gasteiger partial charge in [0.25, 0.3) is 0 Å². The van der Waals surface area contributed by atoms with E-state index >= 15 is 0 Å². The average molecular weight is 233 g/mol. The normalized spacial score (nSPS) is 21.7. The molecular weight excluding hydrogens is 210 g/mol. The molecule has 1 atom stereocenters. The van der Waals surface area contributed by atoms with Crippen LogP contribution < -0.4 is 5.73 Å². The van der Waals surface area contributed by atoms with E-state index in [2.05, 4.69) is 23.7 Å². The van der Waals surface area contributed by atoms with E-state index < -0.39 is 0 Å². The maximum absolute atomic E-state index is 6.06. The molecule has 1 aromatic rings. The van der Waals surface area contributed by atoms with Crippen LogP contribution in [-0.4, -0.2) is 22.5 Å². The number of aromatic nitrogens is 1. The maximum atomic E-state index is 6.06. The SMILES string of the molecule is Cc1cnc(CN2CCCCC2C)c(C)c1N. The van der Waals surface area contributed by atoms with E-state index in [1.807, 2.05) is 13.1 Å². The number of nitrogens with zero attached hydrogens (tertiary/aromatic N) is 2. The molecule has 3 nitrogen and oxygen atoms in total. The minimum atomic E-state index is 0.674. The molecule has 17 heavy (non-hydrogen) atoms. The highest BCUT2D eigenvalue weighted by Crippen LogP contribution is 2.23. The van der Waals surface area contributed by atoms with Gasteiger partial charge >= 0.3 is 0 Å². The van der Waals surface area contributed by atoms with Crippen molar-refractivity contribution in [2.24, 2.45) is 0 Å². The molecule has 1 aliphatic rings. The Labute approximate surface area is 104 Å². The number of aryl methyl sites for hydroxylation is 1. The van der Waals surface area contributed by atoms with Crippen molar-refractivity contribution in [1.29, 1.82) is 0 Å². The Hall–Kier alpha value is -1.09. The second-order valence-electron chi connectivity index (χ2n) is 5.24. The van der Waals surface area contributed by atoms with Gasteiger partial charge in [-0.05, 0) is 51.3 Å². The summed E-state index contributed by atoms with van der Waals surface area (Å²) in [6.45, 7) is 8.54. The second-order valence-corrected chi connectivity index (χ2v) is 5.24. The van der Waals surface area contributed by atoms with Gasteiger partial charge in [0.05, 0.1) is 5.69 Å². The van der Waals surface area contributed by atoms with E-state index in [1.165, 1.54) is 25.8 Å². The average Bonchev–Trinajstić information content (AvgIpc) is 2.32. The summed E-state index contributed by atoms with van der Waals surface area (Å²) in [5.74, 6) is 0. The monoisotopic (exact) mass is 233 g/mol. The van der Waals surface area contributed by atoms with Gasteiger partial charge in [-0.1, -0.05) is 6.42 Å². The summed E-state index contributed by atoms with van der Waals surface area (Å²) in [5.41, 5.74) is 10.3. The van der Waals surface area contributed by atoms with Crippen LogP contribution >= 0.6 is 0 Å².